The minimum Gasteiger partial charge on any atom is -0.455 e. The van der Waals surface area contributed by atoms with E-state index < -0.39 is 30.0 Å². The third-order valence-electron chi connectivity index (χ3n) is 5.74. The van der Waals surface area contributed by atoms with E-state index in [1.54, 1.807) is 0 Å². The fourth-order valence-electron chi connectivity index (χ4n) is 4.08. The maximum absolute atomic E-state index is 12.1. The molecule has 1 saturated heterocycles. The number of esters is 1. The van der Waals surface area contributed by atoms with E-state index in [2.05, 4.69) is 10.9 Å². The number of carbonyl (C=O) groups is 1. The summed E-state index contributed by atoms with van der Waals surface area (Å²) in [5.41, 5.74) is 0.0726. The van der Waals surface area contributed by atoms with Crippen LogP contribution < -0.4 is 5.56 Å². The molecule has 3 aromatic rings. The van der Waals surface area contributed by atoms with Crippen LogP contribution in [0.5, 0.6) is 0 Å². The average Bonchev–Trinajstić information content (AvgIpc) is 3.16. The smallest absolute Gasteiger partial charge is 0.303 e. The molecule has 1 aromatic heterocycles. The van der Waals surface area contributed by atoms with Gasteiger partial charge in [-0.1, -0.05) is 66.6 Å². The molecule has 4 unspecified atom stereocenters. The van der Waals surface area contributed by atoms with Crippen molar-refractivity contribution in [1.29, 1.82) is 0 Å². The van der Waals surface area contributed by atoms with Crippen LogP contribution in [0.15, 0.2) is 77.7 Å². The van der Waals surface area contributed by atoms with Crippen molar-refractivity contribution in [3.63, 3.8) is 0 Å². The van der Waals surface area contributed by atoms with E-state index in [0.29, 0.717) is 6.61 Å². The number of nitrogens with zero attached hydrogens (tertiary/aromatic N) is 1. The van der Waals surface area contributed by atoms with Crippen molar-refractivity contribution in [3.8, 4) is 12.3 Å². The zero-order valence-corrected chi connectivity index (χ0v) is 20.5. The quantitative estimate of drug-likeness (QED) is 0.270. The van der Waals surface area contributed by atoms with Crippen LogP contribution in [0.3, 0.4) is 0 Å². The lowest BCUT2D eigenvalue weighted by Crippen LogP contribution is -2.48. The lowest BCUT2D eigenvalue weighted by molar-refractivity contribution is -0.158. The van der Waals surface area contributed by atoms with Crippen molar-refractivity contribution in [2.45, 2.75) is 44.2 Å². The number of terminal acetylenes is 1. The van der Waals surface area contributed by atoms with E-state index in [9.17, 15) is 9.59 Å². The highest BCUT2D eigenvalue weighted by molar-refractivity contribution is 7.71. The number of carbonyl (C=O) groups excluding carboxylic acids is 1. The zero-order chi connectivity index (χ0) is 25.5. The Hall–Kier alpha value is -3.55. The van der Waals surface area contributed by atoms with E-state index in [1.807, 2.05) is 60.7 Å². The second-order valence-electron chi connectivity index (χ2n) is 8.33. The summed E-state index contributed by atoms with van der Waals surface area (Å²) >= 11 is 5.35. The predicted octanol–water partition coefficient (Wildman–Crippen LogP) is 3.54. The van der Waals surface area contributed by atoms with Gasteiger partial charge in [-0.15, -0.1) is 6.42 Å². The third-order valence-corrected chi connectivity index (χ3v) is 6.06. The minimum atomic E-state index is -1.42. The first kappa shape index (κ1) is 25.5. The number of benzene rings is 2. The summed E-state index contributed by atoms with van der Waals surface area (Å²) in [5.74, 6) is 2.16. The molecule has 2 aromatic carbocycles. The largest absolute Gasteiger partial charge is 0.455 e. The molecule has 0 bridgehead atoms. The van der Waals surface area contributed by atoms with Gasteiger partial charge in [0.05, 0.1) is 19.8 Å². The van der Waals surface area contributed by atoms with Crippen LogP contribution >= 0.6 is 12.2 Å². The lowest BCUT2D eigenvalue weighted by Gasteiger charge is -2.30. The van der Waals surface area contributed by atoms with Crippen molar-refractivity contribution in [3.05, 3.63) is 99.2 Å². The number of ether oxygens (including phenoxy) is 4. The number of rotatable bonds is 9. The monoisotopic (exact) mass is 506 g/mol. The number of nitrogens with one attached hydrogen (secondary N) is 1. The van der Waals surface area contributed by atoms with Crippen LogP contribution in [0.2, 0.25) is 0 Å². The fourth-order valence-corrected chi connectivity index (χ4v) is 4.34. The number of aromatic amines is 1. The van der Waals surface area contributed by atoms with Crippen molar-refractivity contribution in [2.75, 3.05) is 6.61 Å². The molecule has 0 aliphatic carbocycles. The fraction of sp³-hybridized carbons (Fsp3) is 0.296. The Morgan fingerprint density at radius 2 is 1.75 bits per heavy atom. The van der Waals surface area contributed by atoms with E-state index in [4.69, 9.17) is 37.6 Å². The van der Waals surface area contributed by atoms with Crippen molar-refractivity contribution in [2.24, 2.45) is 0 Å². The van der Waals surface area contributed by atoms with Gasteiger partial charge in [0.15, 0.2) is 22.7 Å². The van der Waals surface area contributed by atoms with Gasteiger partial charge in [0.25, 0.3) is 5.56 Å². The van der Waals surface area contributed by atoms with Gasteiger partial charge in [-0.25, -0.2) is 0 Å². The van der Waals surface area contributed by atoms with Crippen LogP contribution in [-0.4, -0.2) is 39.9 Å². The second kappa shape index (κ2) is 11.5. The van der Waals surface area contributed by atoms with Gasteiger partial charge >= 0.3 is 5.97 Å². The number of H-pyrrole nitrogens is 1. The topological polar surface area (TPSA) is 91.8 Å². The molecule has 0 radical (unpaired) electrons. The zero-order valence-electron chi connectivity index (χ0n) is 19.7. The van der Waals surface area contributed by atoms with E-state index >= 15 is 0 Å². The Morgan fingerprint density at radius 3 is 2.33 bits per heavy atom. The molecular weight excluding hydrogens is 480 g/mol. The molecule has 9 heteroatoms. The molecule has 4 atom stereocenters. The number of aromatic nitrogens is 2. The Morgan fingerprint density at radius 1 is 1.11 bits per heavy atom. The summed E-state index contributed by atoms with van der Waals surface area (Å²) in [6.07, 6.45) is 4.66. The number of hydrogen-bond acceptors (Lipinski definition) is 7. The summed E-state index contributed by atoms with van der Waals surface area (Å²) in [7, 11) is 0. The van der Waals surface area contributed by atoms with Gasteiger partial charge in [-0.3, -0.25) is 19.1 Å². The standard InChI is InChI=1S/C27H26N2O6S/c1-3-27(18-32-16-20-10-6-4-7-11-20)24(33-17-21-12-8-5-9-13-21)23(34-19(2)30)25(35-27)29-15-14-22(31)28-26(29)36/h1,4-15,23-25H,16-18H2,2H3,(H,28,31,36). The summed E-state index contributed by atoms with van der Waals surface area (Å²) in [6.45, 7) is 1.74. The van der Waals surface area contributed by atoms with Crippen LogP contribution in [0, 0.1) is 17.1 Å². The lowest BCUT2D eigenvalue weighted by atomic mass is 9.96. The molecule has 0 amide bonds. The normalized spacial score (nSPS) is 23.2. The molecule has 1 fully saturated rings. The SMILES string of the molecule is C#CC1(COCc2ccccc2)OC(n2ccc(=O)[nH]c2=S)C(OC(C)=O)C1OCc1ccccc1. The Bertz CT molecular complexity index is 1330. The second-order valence-corrected chi connectivity index (χ2v) is 8.72. The van der Waals surface area contributed by atoms with Gasteiger partial charge in [0, 0.05) is 19.2 Å². The summed E-state index contributed by atoms with van der Waals surface area (Å²) in [5, 5.41) is 0. The molecule has 0 saturated carbocycles. The first-order valence-corrected chi connectivity index (χ1v) is 11.7. The van der Waals surface area contributed by atoms with E-state index in [0.717, 1.165) is 11.1 Å². The van der Waals surface area contributed by atoms with Crippen LogP contribution in [0.1, 0.15) is 24.3 Å². The molecule has 0 spiro atoms. The molecule has 1 N–H and O–H groups in total. The highest BCUT2D eigenvalue weighted by atomic mass is 32.1. The molecule has 1 aliphatic rings. The first-order valence-electron chi connectivity index (χ1n) is 11.3. The molecule has 186 valence electrons. The molecule has 4 rings (SSSR count). The van der Waals surface area contributed by atoms with Crippen LogP contribution in [0.25, 0.3) is 0 Å². The van der Waals surface area contributed by atoms with Crippen LogP contribution in [0.4, 0.5) is 0 Å². The Labute approximate surface area is 213 Å². The van der Waals surface area contributed by atoms with Gasteiger partial charge in [-0.05, 0) is 23.3 Å². The van der Waals surface area contributed by atoms with Crippen molar-refractivity contribution < 1.29 is 23.7 Å². The first-order chi connectivity index (χ1) is 17.4. The molecule has 8 nitrogen and oxygen atoms in total. The maximum atomic E-state index is 12.1. The third kappa shape index (κ3) is 5.80. The summed E-state index contributed by atoms with van der Waals surface area (Å²) < 4.78 is 25.9. The highest BCUT2D eigenvalue weighted by Gasteiger charge is 2.58. The Kier molecular flexibility index (Phi) is 8.13. The molecule has 2 heterocycles. The van der Waals surface area contributed by atoms with Gasteiger partial charge in [0.1, 0.15) is 6.10 Å². The molecule has 1 aliphatic heterocycles. The average molecular weight is 507 g/mol. The summed E-state index contributed by atoms with van der Waals surface area (Å²) in [6, 6.07) is 20.4. The maximum Gasteiger partial charge on any atom is 0.303 e. The van der Waals surface area contributed by atoms with E-state index in [-0.39, 0.29) is 23.5 Å². The Balaban J connectivity index is 1.68. The predicted molar refractivity (Wildman–Crippen MR) is 134 cm³/mol. The van der Waals surface area contributed by atoms with Gasteiger partial charge < -0.3 is 18.9 Å². The van der Waals surface area contributed by atoms with Crippen molar-refractivity contribution in [1.82, 2.24) is 9.55 Å². The van der Waals surface area contributed by atoms with Gasteiger partial charge in [0.2, 0.25) is 0 Å². The highest BCUT2D eigenvalue weighted by Crippen LogP contribution is 2.41. The molecular formula is C27H26N2O6S. The van der Waals surface area contributed by atoms with Crippen molar-refractivity contribution >= 4 is 18.2 Å². The summed E-state index contributed by atoms with van der Waals surface area (Å²) in [4.78, 5) is 26.4. The number of hydrogen-bond donors (Lipinski definition) is 1. The van der Waals surface area contributed by atoms with Crippen LogP contribution in [-0.2, 0) is 37.0 Å². The molecule has 36 heavy (non-hydrogen) atoms. The van der Waals surface area contributed by atoms with E-state index in [1.165, 1.54) is 23.8 Å². The van der Waals surface area contributed by atoms with Gasteiger partial charge in [-0.2, -0.15) is 0 Å². The minimum absolute atomic E-state index is 0.0389.